The third kappa shape index (κ3) is 5.67. The number of benzene rings is 2. The van der Waals surface area contributed by atoms with Crippen LogP contribution in [0.25, 0.3) is 0 Å². The lowest BCUT2D eigenvalue weighted by molar-refractivity contribution is 0.371. The lowest BCUT2D eigenvalue weighted by Crippen LogP contribution is -2.39. The van der Waals surface area contributed by atoms with Crippen LogP contribution in [0.5, 0.6) is 0 Å². The van der Waals surface area contributed by atoms with Gasteiger partial charge in [-0.3, -0.25) is 4.99 Å². The van der Waals surface area contributed by atoms with Crippen LogP contribution >= 0.6 is 0 Å². The molecule has 140 valence electrons. The van der Waals surface area contributed by atoms with Crippen LogP contribution in [0.2, 0.25) is 0 Å². The van der Waals surface area contributed by atoms with Gasteiger partial charge in [-0.25, -0.2) is 0 Å². The Morgan fingerprint density at radius 1 is 1.04 bits per heavy atom. The number of aliphatic imine (C=N–C) groups is 1. The van der Waals surface area contributed by atoms with Gasteiger partial charge in [-0.2, -0.15) is 4.98 Å². The van der Waals surface area contributed by atoms with Crippen molar-refractivity contribution in [1.82, 2.24) is 20.8 Å². The summed E-state index contributed by atoms with van der Waals surface area (Å²) in [5, 5.41) is 10.4. The second kappa shape index (κ2) is 9.52. The minimum absolute atomic E-state index is 0.331. The molecule has 1 unspecified atom stereocenters. The minimum atomic E-state index is 0.331. The molecular weight excluding hydrogens is 338 g/mol. The molecule has 1 aromatic heterocycles. The molecule has 0 aliphatic heterocycles. The maximum Gasteiger partial charge on any atom is 0.246 e. The number of nitrogens with one attached hydrogen (secondary N) is 2. The van der Waals surface area contributed by atoms with Crippen molar-refractivity contribution in [2.24, 2.45) is 4.99 Å². The number of aromatic nitrogens is 2. The van der Waals surface area contributed by atoms with E-state index < -0.39 is 0 Å². The second-order valence-electron chi connectivity index (χ2n) is 6.34. The molecule has 6 nitrogen and oxygen atoms in total. The normalized spacial score (nSPS) is 12.6. The summed E-state index contributed by atoms with van der Waals surface area (Å²) >= 11 is 0. The van der Waals surface area contributed by atoms with E-state index in [1.165, 1.54) is 11.1 Å². The summed E-state index contributed by atoms with van der Waals surface area (Å²) in [5.74, 6) is 2.21. The maximum atomic E-state index is 5.13. The molecule has 0 radical (unpaired) electrons. The third-order valence-corrected chi connectivity index (χ3v) is 4.31. The predicted octanol–water partition coefficient (Wildman–Crippen LogP) is 3.07. The molecule has 3 rings (SSSR count). The Bertz CT molecular complexity index is 845. The highest BCUT2D eigenvalue weighted by Gasteiger charge is 2.13. The molecule has 0 aliphatic rings. The fraction of sp³-hybridized carbons (Fsp3) is 0.286. The van der Waals surface area contributed by atoms with E-state index in [1.807, 2.05) is 12.1 Å². The Kier molecular flexibility index (Phi) is 6.57. The van der Waals surface area contributed by atoms with Gasteiger partial charge in [0.25, 0.3) is 0 Å². The lowest BCUT2D eigenvalue weighted by atomic mass is 9.92. The highest BCUT2D eigenvalue weighted by Crippen LogP contribution is 2.20. The molecule has 0 aliphatic carbocycles. The second-order valence-corrected chi connectivity index (χ2v) is 6.34. The van der Waals surface area contributed by atoms with Crippen LogP contribution in [-0.4, -0.2) is 29.7 Å². The Hall–Kier alpha value is -3.15. The molecule has 0 saturated carbocycles. The number of nitrogens with zero attached hydrogens (tertiary/aromatic N) is 3. The average molecular weight is 363 g/mol. The molecule has 0 fully saturated rings. The van der Waals surface area contributed by atoms with Crippen LogP contribution < -0.4 is 10.6 Å². The first-order valence-electron chi connectivity index (χ1n) is 9.07. The molecule has 27 heavy (non-hydrogen) atoms. The quantitative estimate of drug-likeness (QED) is 0.498. The van der Waals surface area contributed by atoms with Crippen molar-refractivity contribution in [3.8, 4) is 0 Å². The summed E-state index contributed by atoms with van der Waals surface area (Å²) in [4.78, 5) is 8.48. The van der Waals surface area contributed by atoms with Crippen LogP contribution in [0.1, 0.15) is 28.8 Å². The monoisotopic (exact) mass is 363 g/mol. The van der Waals surface area contributed by atoms with Crippen molar-refractivity contribution in [3.63, 3.8) is 0 Å². The SMILES string of the molecule is CN=C(NCc1nc(C)no1)NCC(Cc1ccccc1)c1ccccc1. The number of hydrogen-bond donors (Lipinski definition) is 2. The molecular formula is C21H25N5O. The molecule has 6 heteroatoms. The van der Waals surface area contributed by atoms with Gasteiger partial charge in [0.05, 0.1) is 6.54 Å². The van der Waals surface area contributed by atoms with Crippen LogP contribution in [0, 0.1) is 6.92 Å². The van der Waals surface area contributed by atoms with E-state index >= 15 is 0 Å². The minimum Gasteiger partial charge on any atom is -0.356 e. The van der Waals surface area contributed by atoms with E-state index in [9.17, 15) is 0 Å². The lowest BCUT2D eigenvalue weighted by Gasteiger charge is -2.20. The van der Waals surface area contributed by atoms with Gasteiger partial charge >= 0.3 is 0 Å². The summed E-state index contributed by atoms with van der Waals surface area (Å²) < 4.78 is 5.13. The van der Waals surface area contributed by atoms with Crippen molar-refractivity contribution in [2.75, 3.05) is 13.6 Å². The maximum absolute atomic E-state index is 5.13. The van der Waals surface area contributed by atoms with E-state index in [2.05, 4.69) is 74.3 Å². The number of aryl methyl sites for hydroxylation is 1. The summed E-state index contributed by atoms with van der Waals surface area (Å²) in [6.07, 6.45) is 0.956. The van der Waals surface area contributed by atoms with Crippen LogP contribution in [0.4, 0.5) is 0 Å². The Morgan fingerprint density at radius 3 is 2.37 bits per heavy atom. The van der Waals surface area contributed by atoms with Gasteiger partial charge in [-0.1, -0.05) is 65.8 Å². The Morgan fingerprint density at radius 2 is 1.74 bits per heavy atom. The van der Waals surface area contributed by atoms with Gasteiger partial charge in [0.2, 0.25) is 5.89 Å². The average Bonchev–Trinajstić information content (AvgIpc) is 3.13. The molecule has 0 bridgehead atoms. The summed E-state index contributed by atoms with van der Waals surface area (Å²) in [6.45, 7) is 3.00. The highest BCUT2D eigenvalue weighted by molar-refractivity contribution is 5.79. The number of hydrogen-bond acceptors (Lipinski definition) is 4. The van der Waals surface area contributed by atoms with Crippen molar-refractivity contribution >= 4 is 5.96 Å². The number of guanidine groups is 1. The zero-order chi connectivity index (χ0) is 18.9. The van der Waals surface area contributed by atoms with Crippen molar-refractivity contribution < 1.29 is 4.52 Å². The smallest absolute Gasteiger partial charge is 0.246 e. The van der Waals surface area contributed by atoms with Gasteiger partial charge < -0.3 is 15.2 Å². The Balaban J connectivity index is 1.62. The van der Waals surface area contributed by atoms with E-state index in [0.29, 0.717) is 30.1 Å². The molecule has 0 amide bonds. The standard InChI is InChI=1S/C21H25N5O/c1-16-25-20(27-26-16)15-24-21(22-2)23-14-19(18-11-7-4-8-12-18)13-17-9-5-3-6-10-17/h3-12,19H,13-15H2,1-2H3,(H2,22,23,24). The van der Waals surface area contributed by atoms with Crippen LogP contribution in [-0.2, 0) is 13.0 Å². The molecule has 0 saturated heterocycles. The topological polar surface area (TPSA) is 75.3 Å². The highest BCUT2D eigenvalue weighted by atomic mass is 16.5. The first kappa shape index (κ1) is 18.6. The molecule has 2 N–H and O–H groups in total. The molecule has 2 aromatic carbocycles. The largest absolute Gasteiger partial charge is 0.356 e. The Labute approximate surface area is 159 Å². The zero-order valence-electron chi connectivity index (χ0n) is 15.7. The van der Waals surface area contributed by atoms with E-state index in [4.69, 9.17) is 4.52 Å². The van der Waals surface area contributed by atoms with E-state index in [1.54, 1.807) is 14.0 Å². The van der Waals surface area contributed by atoms with Crippen LogP contribution in [0.3, 0.4) is 0 Å². The van der Waals surface area contributed by atoms with E-state index in [-0.39, 0.29) is 0 Å². The van der Waals surface area contributed by atoms with Gasteiger partial charge in [0, 0.05) is 19.5 Å². The number of rotatable bonds is 7. The summed E-state index contributed by atoms with van der Waals surface area (Å²) in [7, 11) is 1.75. The van der Waals surface area contributed by atoms with Gasteiger partial charge in [0.1, 0.15) is 0 Å². The van der Waals surface area contributed by atoms with Crippen molar-refractivity contribution in [1.29, 1.82) is 0 Å². The first-order valence-corrected chi connectivity index (χ1v) is 9.07. The van der Waals surface area contributed by atoms with Gasteiger partial charge in [0.15, 0.2) is 11.8 Å². The molecule has 3 aromatic rings. The molecule has 0 spiro atoms. The summed E-state index contributed by atoms with van der Waals surface area (Å²) in [5.41, 5.74) is 2.62. The van der Waals surface area contributed by atoms with Crippen molar-refractivity contribution in [2.45, 2.75) is 25.8 Å². The van der Waals surface area contributed by atoms with Gasteiger partial charge in [-0.15, -0.1) is 0 Å². The van der Waals surface area contributed by atoms with Gasteiger partial charge in [-0.05, 0) is 24.5 Å². The van der Waals surface area contributed by atoms with Crippen molar-refractivity contribution in [3.05, 3.63) is 83.5 Å². The zero-order valence-corrected chi connectivity index (χ0v) is 15.7. The van der Waals surface area contributed by atoms with Crippen LogP contribution in [0.15, 0.2) is 70.2 Å². The fourth-order valence-corrected chi connectivity index (χ4v) is 2.94. The van der Waals surface area contributed by atoms with E-state index in [0.717, 1.165) is 13.0 Å². The molecule has 1 atom stereocenters. The summed E-state index contributed by atoms with van der Waals surface area (Å²) in [6, 6.07) is 21.1. The fourth-order valence-electron chi connectivity index (χ4n) is 2.94. The third-order valence-electron chi connectivity index (χ3n) is 4.31. The first-order chi connectivity index (χ1) is 13.2. The predicted molar refractivity (Wildman–Crippen MR) is 107 cm³/mol. The molecule has 1 heterocycles.